The maximum absolute atomic E-state index is 5.63. The van der Waals surface area contributed by atoms with Crippen LogP contribution in [0.4, 0.5) is 0 Å². The van der Waals surface area contributed by atoms with Gasteiger partial charge in [-0.1, -0.05) is 13.0 Å². The van der Waals surface area contributed by atoms with Crippen molar-refractivity contribution in [1.82, 2.24) is 0 Å². The lowest BCUT2D eigenvalue weighted by Gasteiger charge is -2.03. The zero-order chi connectivity index (χ0) is 8.97. The molecule has 0 fully saturated rings. The number of nitrogens with zero attached hydrogens (tertiary/aromatic N) is 1. The number of aliphatic imine (C=N–C) groups is 1. The van der Waals surface area contributed by atoms with Gasteiger partial charge >= 0.3 is 0 Å². The third kappa shape index (κ3) is 2.34. The van der Waals surface area contributed by atoms with Gasteiger partial charge in [0.2, 0.25) is 0 Å². The van der Waals surface area contributed by atoms with Crippen molar-refractivity contribution in [2.24, 2.45) is 10.7 Å². The van der Waals surface area contributed by atoms with Crippen molar-refractivity contribution >= 4 is 17.2 Å². The molecule has 1 aromatic heterocycles. The monoisotopic (exact) mass is 182 g/mol. The zero-order valence-corrected chi connectivity index (χ0v) is 8.27. The van der Waals surface area contributed by atoms with E-state index in [1.165, 1.54) is 4.88 Å². The highest BCUT2D eigenvalue weighted by Crippen LogP contribution is 2.21. The summed E-state index contributed by atoms with van der Waals surface area (Å²) in [6.07, 6.45) is 0.829. The summed E-state index contributed by atoms with van der Waals surface area (Å²) in [6.45, 7) is 4.08. The maximum atomic E-state index is 5.63. The molecule has 1 unspecified atom stereocenters. The molecule has 0 spiro atoms. The minimum Gasteiger partial charge on any atom is -0.387 e. The molecule has 0 saturated heterocycles. The molecule has 0 saturated carbocycles. The van der Waals surface area contributed by atoms with Crippen molar-refractivity contribution in [1.29, 1.82) is 0 Å². The summed E-state index contributed by atoms with van der Waals surface area (Å²) in [5, 5.41) is 2.06. The quantitative estimate of drug-likeness (QED) is 0.566. The van der Waals surface area contributed by atoms with Crippen LogP contribution in [-0.2, 0) is 0 Å². The van der Waals surface area contributed by atoms with Gasteiger partial charge in [-0.3, -0.25) is 4.99 Å². The lowest BCUT2D eigenvalue weighted by molar-refractivity contribution is 0.831. The third-order valence-corrected chi connectivity index (χ3v) is 2.72. The predicted octanol–water partition coefficient (Wildman–Crippen LogP) is 2.58. The topological polar surface area (TPSA) is 38.4 Å². The molecule has 0 aliphatic heterocycles. The summed E-state index contributed by atoms with van der Waals surface area (Å²) in [6, 6.07) is 4.33. The second-order valence-electron chi connectivity index (χ2n) is 2.67. The first-order valence-electron chi connectivity index (χ1n) is 4.09. The molecule has 1 aromatic rings. The predicted molar refractivity (Wildman–Crippen MR) is 54.6 cm³/mol. The van der Waals surface area contributed by atoms with Crippen LogP contribution in [0.25, 0.3) is 0 Å². The minimum absolute atomic E-state index is 0.213. The smallest absolute Gasteiger partial charge is 0.0942 e. The Balaban J connectivity index is 2.66. The molecule has 0 aliphatic rings. The molecule has 0 aliphatic carbocycles. The number of rotatable bonds is 3. The van der Waals surface area contributed by atoms with Crippen LogP contribution in [0, 0.1) is 0 Å². The van der Waals surface area contributed by atoms with Crippen LogP contribution >= 0.6 is 11.3 Å². The summed E-state index contributed by atoms with van der Waals surface area (Å²) in [7, 11) is 0. The molecule has 12 heavy (non-hydrogen) atoms. The first kappa shape index (κ1) is 9.26. The van der Waals surface area contributed by atoms with Gasteiger partial charge < -0.3 is 5.73 Å². The van der Waals surface area contributed by atoms with E-state index in [9.17, 15) is 0 Å². The molecule has 3 heteroatoms. The molecule has 1 rings (SSSR count). The Morgan fingerprint density at radius 2 is 2.50 bits per heavy atom. The van der Waals surface area contributed by atoms with E-state index in [0.29, 0.717) is 0 Å². The molecule has 0 bridgehead atoms. The van der Waals surface area contributed by atoms with Crippen LogP contribution in [0.5, 0.6) is 0 Å². The summed E-state index contributed by atoms with van der Waals surface area (Å²) >= 11 is 1.72. The van der Waals surface area contributed by atoms with Crippen molar-refractivity contribution in [2.75, 3.05) is 0 Å². The van der Waals surface area contributed by atoms with E-state index in [4.69, 9.17) is 5.73 Å². The fourth-order valence-electron chi connectivity index (χ4n) is 0.933. The van der Waals surface area contributed by atoms with E-state index in [2.05, 4.69) is 23.4 Å². The molecular formula is C9H14N2S. The summed E-state index contributed by atoms with van der Waals surface area (Å²) in [5.41, 5.74) is 5.63. The van der Waals surface area contributed by atoms with Gasteiger partial charge in [0.15, 0.2) is 0 Å². The molecule has 0 radical (unpaired) electrons. The maximum Gasteiger partial charge on any atom is 0.0942 e. The Bertz CT molecular complexity index is 252. The number of thiophene rings is 1. The normalized spacial score (nSPS) is 14.7. The molecule has 66 valence electrons. The second kappa shape index (κ2) is 4.26. The Kier molecular flexibility index (Phi) is 3.29. The average molecular weight is 182 g/mol. The van der Waals surface area contributed by atoms with Crippen LogP contribution in [0.3, 0.4) is 0 Å². The van der Waals surface area contributed by atoms with Crippen LogP contribution in [0.1, 0.15) is 31.2 Å². The van der Waals surface area contributed by atoms with Crippen molar-refractivity contribution in [3.63, 3.8) is 0 Å². The summed E-state index contributed by atoms with van der Waals surface area (Å²) < 4.78 is 0. The van der Waals surface area contributed by atoms with Crippen LogP contribution in [0.15, 0.2) is 22.5 Å². The lowest BCUT2D eigenvalue weighted by Crippen LogP contribution is -2.10. The van der Waals surface area contributed by atoms with Gasteiger partial charge in [0.25, 0.3) is 0 Å². The fourth-order valence-corrected chi connectivity index (χ4v) is 1.65. The highest BCUT2D eigenvalue weighted by molar-refractivity contribution is 7.10. The summed E-state index contributed by atoms with van der Waals surface area (Å²) in [4.78, 5) is 5.61. The van der Waals surface area contributed by atoms with Crippen LogP contribution < -0.4 is 5.73 Å². The Morgan fingerprint density at radius 1 is 1.75 bits per heavy atom. The van der Waals surface area contributed by atoms with E-state index >= 15 is 0 Å². The average Bonchev–Trinajstić information content (AvgIpc) is 2.56. The highest BCUT2D eigenvalue weighted by Gasteiger charge is 2.03. The van der Waals surface area contributed by atoms with E-state index < -0.39 is 0 Å². The highest BCUT2D eigenvalue weighted by atomic mass is 32.1. The first-order valence-corrected chi connectivity index (χ1v) is 4.97. The summed E-state index contributed by atoms with van der Waals surface area (Å²) in [5.74, 6) is 0.732. The van der Waals surface area contributed by atoms with Crippen molar-refractivity contribution in [2.45, 2.75) is 26.3 Å². The zero-order valence-electron chi connectivity index (χ0n) is 7.45. The van der Waals surface area contributed by atoms with E-state index in [0.717, 1.165) is 12.3 Å². The van der Waals surface area contributed by atoms with E-state index in [-0.39, 0.29) is 6.04 Å². The Labute approximate surface area is 77.1 Å². The van der Waals surface area contributed by atoms with Gasteiger partial charge in [-0.15, -0.1) is 11.3 Å². The van der Waals surface area contributed by atoms with Gasteiger partial charge in [0.1, 0.15) is 0 Å². The third-order valence-electron chi connectivity index (χ3n) is 1.68. The van der Waals surface area contributed by atoms with Gasteiger partial charge in [-0.2, -0.15) is 0 Å². The van der Waals surface area contributed by atoms with Crippen molar-refractivity contribution in [3.05, 3.63) is 22.4 Å². The molecule has 0 aromatic carbocycles. The fraction of sp³-hybridized carbons (Fsp3) is 0.444. The van der Waals surface area contributed by atoms with Crippen molar-refractivity contribution in [3.8, 4) is 0 Å². The van der Waals surface area contributed by atoms with E-state index in [1.54, 1.807) is 11.3 Å². The van der Waals surface area contributed by atoms with Gasteiger partial charge in [-0.05, 0) is 18.4 Å². The number of hydrogen-bond donors (Lipinski definition) is 1. The molecule has 2 N–H and O–H groups in total. The SMILES string of the molecule is CCC(N)=NC(C)c1cccs1. The van der Waals surface area contributed by atoms with Gasteiger partial charge in [0.05, 0.1) is 11.9 Å². The van der Waals surface area contributed by atoms with Crippen LogP contribution in [0.2, 0.25) is 0 Å². The van der Waals surface area contributed by atoms with Gasteiger partial charge in [0, 0.05) is 11.3 Å². The standard InChI is InChI=1S/C9H14N2S/c1-3-9(10)11-7(2)8-5-4-6-12-8/h4-7H,3H2,1-2H3,(H2,10,11). The lowest BCUT2D eigenvalue weighted by atomic mass is 10.3. The molecule has 2 nitrogen and oxygen atoms in total. The molecule has 1 atom stereocenters. The Hall–Kier alpha value is -0.830. The van der Waals surface area contributed by atoms with Crippen molar-refractivity contribution < 1.29 is 0 Å². The second-order valence-corrected chi connectivity index (χ2v) is 3.64. The molecule has 1 heterocycles. The molecule has 0 amide bonds. The van der Waals surface area contributed by atoms with Crippen LogP contribution in [-0.4, -0.2) is 5.84 Å². The molecular weight excluding hydrogens is 168 g/mol. The first-order chi connectivity index (χ1) is 5.74. The van der Waals surface area contributed by atoms with E-state index in [1.807, 2.05) is 13.0 Å². The number of nitrogens with two attached hydrogens (primary N) is 1. The Morgan fingerprint density at radius 3 is 3.00 bits per heavy atom. The number of amidine groups is 1. The minimum atomic E-state index is 0.213. The number of hydrogen-bond acceptors (Lipinski definition) is 2. The largest absolute Gasteiger partial charge is 0.387 e. The van der Waals surface area contributed by atoms with Gasteiger partial charge in [-0.25, -0.2) is 0 Å².